The number of allylic oxidation sites excluding steroid dienone is 1. The largest absolute Gasteiger partial charge is 0.492 e. The van der Waals surface area contributed by atoms with Crippen molar-refractivity contribution in [3.05, 3.63) is 64.8 Å². The van der Waals surface area contributed by atoms with Gasteiger partial charge in [0.15, 0.2) is 5.13 Å². The van der Waals surface area contributed by atoms with Crippen LogP contribution in [0.3, 0.4) is 0 Å². The van der Waals surface area contributed by atoms with Gasteiger partial charge in [-0.25, -0.2) is 4.39 Å². The number of anilines is 2. The maximum absolute atomic E-state index is 13.7. The predicted molar refractivity (Wildman–Crippen MR) is 95.9 cm³/mol. The van der Waals surface area contributed by atoms with Crippen molar-refractivity contribution in [2.24, 2.45) is 4.99 Å². The average Bonchev–Trinajstić information content (AvgIpc) is 3.14. The van der Waals surface area contributed by atoms with Crippen molar-refractivity contribution in [1.29, 1.82) is 0 Å². The van der Waals surface area contributed by atoms with Crippen molar-refractivity contribution >= 4 is 45.7 Å². The van der Waals surface area contributed by atoms with Crippen LogP contribution >= 0.6 is 11.3 Å². The Morgan fingerprint density at radius 2 is 1.88 bits per heavy atom. The lowest BCUT2D eigenvalue weighted by molar-refractivity contribution is 0.457. The van der Waals surface area contributed by atoms with Crippen LogP contribution in [0.2, 0.25) is 0 Å². The molecule has 2 heterocycles. The molecule has 3 aromatic rings. The van der Waals surface area contributed by atoms with E-state index in [4.69, 9.17) is 0 Å². The number of nitrogens with zero attached hydrogens (tertiary/aromatic N) is 2. The number of hydrogen-bond donors (Lipinski definition) is 2. The van der Waals surface area contributed by atoms with Gasteiger partial charge in [-0.05, 0) is 24.3 Å². The smallest absolute Gasteiger partial charge is 0.231 e. The third kappa shape index (κ3) is 2.68. The molecule has 0 unspecified atom stereocenters. The molecule has 0 spiro atoms. The number of rotatable bonds is 3. The van der Waals surface area contributed by atoms with E-state index < -0.39 is 0 Å². The van der Waals surface area contributed by atoms with Gasteiger partial charge >= 0.3 is 0 Å². The first-order valence-corrected chi connectivity index (χ1v) is 8.09. The van der Waals surface area contributed by atoms with Crippen LogP contribution in [0.15, 0.2) is 53.5 Å². The van der Waals surface area contributed by atoms with E-state index >= 15 is 0 Å². The van der Waals surface area contributed by atoms with Crippen molar-refractivity contribution in [1.82, 2.24) is 4.98 Å². The van der Waals surface area contributed by atoms with Crippen molar-refractivity contribution in [2.45, 2.75) is 0 Å². The van der Waals surface area contributed by atoms with E-state index in [-0.39, 0.29) is 11.7 Å². The maximum Gasteiger partial charge on any atom is 0.231 e. The second-order valence-corrected chi connectivity index (χ2v) is 6.22. The molecule has 2 N–H and O–H groups in total. The van der Waals surface area contributed by atoms with Crippen LogP contribution in [0, 0.1) is 5.82 Å². The average molecular weight is 337 g/mol. The maximum atomic E-state index is 13.7. The molecule has 0 aliphatic carbocycles. The molecule has 0 amide bonds. The van der Waals surface area contributed by atoms with E-state index in [0.717, 1.165) is 16.8 Å². The summed E-state index contributed by atoms with van der Waals surface area (Å²) in [7, 11) is 0. The van der Waals surface area contributed by atoms with E-state index in [1.807, 2.05) is 30.3 Å². The molecule has 6 heteroatoms. The predicted octanol–water partition coefficient (Wildman–Crippen LogP) is 4.99. The lowest BCUT2D eigenvalue weighted by atomic mass is 10.1. The number of aromatic nitrogens is 1. The molecule has 0 bridgehead atoms. The quantitative estimate of drug-likeness (QED) is 0.708. The van der Waals surface area contributed by atoms with Crippen LogP contribution in [0.4, 0.5) is 20.9 Å². The Bertz CT molecular complexity index is 978. The molecule has 118 valence electrons. The lowest BCUT2D eigenvalue weighted by Crippen LogP contribution is -1.91. The number of aliphatic imine (C=N–C) groups is 1. The summed E-state index contributed by atoms with van der Waals surface area (Å²) in [6.07, 6.45) is 3.59. The third-order valence-electron chi connectivity index (χ3n) is 3.59. The van der Waals surface area contributed by atoms with Gasteiger partial charge in [-0.2, -0.15) is 4.98 Å². The second-order valence-electron chi connectivity index (χ2n) is 5.19. The SMILES string of the molecule is Oc1nc(Nc2ccccc2F)sc1/C=C1/C=Nc2ccccc21. The molecule has 0 fully saturated rings. The Balaban J connectivity index is 1.65. The summed E-state index contributed by atoms with van der Waals surface area (Å²) in [5, 5.41) is 13.4. The van der Waals surface area contributed by atoms with Crippen LogP contribution < -0.4 is 5.32 Å². The molecule has 0 saturated heterocycles. The van der Waals surface area contributed by atoms with Crippen LogP contribution in [0.1, 0.15) is 10.4 Å². The molecular weight excluding hydrogens is 325 g/mol. The van der Waals surface area contributed by atoms with Crippen molar-refractivity contribution < 1.29 is 9.50 Å². The van der Waals surface area contributed by atoms with E-state index in [1.54, 1.807) is 24.4 Å². The van der Waals surface area contributed by atoms with Gasteiger partial charge in [-0.15, -0.1) is 0 Å². The van der Waals surface area contributed by atoms with Crippen molar-refractivity contribution in [3.63, 3.8) is 0 Å². The van der Waals surface area contributed by atoms with Crippen molar-refractivity contribution in [2.75, 3.05) is 5.32 Å². The number of benzene rings is 2. The second kappa shape index (κ2) is 5.90. The molecule has 0 atom stereocenters. The molecule has 1 aromatic heterocycles. The summed E-state index contributed by atoms with van der Waals surface area (Å²) in [4.78, 5) is 8.98. The summed E-state index contributed by atoms with van der Waals surface area (Å²) in [6, 6.07) is 14.1. The fourth-order valence-corrected chi connectivity index (χ4v) is 3.27. The standard InChI is InChI=1S/C18H12FN3OS/c19-13-6-2-4-8-15(13)21-18-22-17(23)16(24-18)9-11-10-20-14-7-3-1-5-12(11)14/h1-10,23H,(H,21,22)/b11-9-. The Hall–Kier alpha value is -2.99. The van der Waals surface area contributed by atoms with Gasteiger partial charge in [0.25, 0.3) is 0 Å². The summed E-state index contributed by atoms with van der Waals surface area (Å²) < 4.78 is 13.7. The molecular formula is C18H12FN3OS. The van der Waals surface area contributed by atoms with E-state index in [9.17, 15) is 9.50 Å². The number of halogens is 1. The van der Waals surface area contributed by atoms with Crippen LogP contribution in [0.5, 0.6) is 5.88 Å². The first-order valence-electron chi connectivity index (χ1n) is 7.27. The molecule has 0 radical (unpaired) electrons. The summed E-state index contributed by atoms with van der Waals surface area (Å²) >= 11 is 1.25. The molecule has 0 saturated carbocycles. The van der Waals surface area contributed by atoms with Gasteiger partial charge in [-0.1, -0.05) is 41.7 Å². The van der Waals surface area contributed by atoms with Crippen LogP contribution in [0.25, 0.3) is 11.6 Å². The Labute approximate surface area is 141 Å². The van der Waals surface area contributed by atoms with Crippen molar-refractivity contribution in [3.8, 4) is 5.88 Å². The molecule has 24 heavy (non-hydrogen) atoms. The topological polar surface area (TPSA) is 57.5 Å². The zero-order valence-electron chi connectivity index (χ0n) is 12.4. The van der Waals surface area contributed by atoms with Gasteiger partial charge in [0.2, 0.25) is 5.88 Å². The highest BCUT2D eigenvalue weighted by Crippen LogP contribution is 2.37. The number of thiazole rings is 1. The monoisotopic (exact) mass is 337 g/mol. The van der Waals surface area contributed by atoms with E-state index in [2.05, 4.69) is 15.3 Å². The van der Waals surface area contributed by atoms with Gasteiger partial charge in [0, 0.05) is 17.4 Å². The number of aromatic hydroxyl groups is 1. The Morgan fingerprint density at radius 1 is 1.08 bits per heavy atom. The first kappa shape index (κ1) is 14.6. The molecule has 1 aliphatic rings. The molecule has 2 aromatic carbocycles. The normalized spacial score (nSPS) is 14.1. The molecule has 1 aliphatic heterocycles. The number of hydrogen-bond acceptors (Lipinski definition) is 5. The Kier molecular flexibility index (Phi) is 3.59. The number of nitrogens with one attached hydrogen (secondary N) is 1. The number of fused-ring (bicyclic) bond motifs is 1. The van der Waals surface area contributed by atoms with E-state index in [0.29, 0.717) is 15.7 Å². The summed E-state index contributed by atoms with van der Waals surface area (Å²) in [6.45, 7) is 0. The van der Waals surface area contributed by atoms with Crippen LogP contribution in [-0.4, -0.2) is 16.3 Å². The van der Waals surface area contributed by atoms with Gasteiger partial charge in [0.1, 0.15) is 5.82 Å². The van der Waals surface area contributed by atoms with Gasteiger partial charge in [0.05, 0.1) is 16.3 Å². The molecule has 4 rings (SSSR count). The lowest BCUT2D eigenvalue weighted by Gasteiger charge is -2.02. The van der Waals surface area contributed by atoms with Gasteiger partial charge in [-0.3, -0.25) is 4.99 Å². The van der Waals surface area contributed by atoms with E-state index in [1.165, 1.54) is 17.4 Å². The highest BCUT2D eigenvalue weighted by atomic mass is 32.1. The minimum atomic E-state index is -0.371. The fraction of sp³-hybridized carbons (Fsp3) is 0. The highest BCUT2D eigenvalue weighted by Gasteiger charge is 2.15. The first-order chi connectivity index (χ1) is 11.7. The number of para-hydroxylation sites is 2. The highest BCUT2D eigenvalue weighted by molar-refractivity contribution is 7.16. The zero-order valence-corrected chi connectivity index (χ0v) is 13.2. The molecule has 4 nitrogen and oxygen atoms in total. The van der Waals surface area contributed by atoms with Gasteiger partial charge < -0.3 is 10.4 Å². The Morgan fingerprint density at radius 3 is 2.75 bits per heavy atom. The minimum absolute atomic E-state index is 0.0934. The third-order valence-corrected chi connectivity index (χ3v) is 4.50. The zero-order chi connectivity index (χ0) is 16.5. The summed E-state index contributed by atoms with van der Waals surface area (Å²) in [5.74, 6) is -0.465. The fourth-order valence-electron chi connectivity index (χ4n) is 2.44. The van der Waals surface area contributed by atoms with Crippen LogP contribution in [-0.2, 0) is 0 Å². The minimum Gasteiger partial charge on any atom is -0.492 e. The summed E-state index contributed by atoms with van der Waals surface area (Å²) in [5.41, 5.74) is 3.13.